The van der Waals surface area contributed by atoms with Crippen molar-refractivity contribution in [2.45, 2.75) is 12.5 Å². The van der Waals surface area contributed by atoms with Crippen molar-refractivity contribution in [3.05, 3.63) is 6.20 Å². The van der Waals surface area contributed by atoms with Gasteiger partial charge in [-0.3, -0.25) is 4.68 Å². The molecule has 1 aliphatic rings. The van der Waals surface area contributed by atoms with E-state index in [0.29, 0.717) is 24.2 Å². The molecule has 0 aromatic carbocycles. The van der Waals surface area contributed by atoms with Crippen LogP contribution in [0.15, 0.2) is 6.20 Å². The van der Waals surface area contributed by atoms with Crippen molar-refractivity contribution in [3.63, 3.8) is 0 Å². The number of nitrogens with two attached hydrogens (primary N) is 1. The molecule has 1 saturated heterocycles. The van der Waals surface area contributed by atoms with Crippen LogP contribution in [0.4, 0.5) is 5.69 Å². The highest BCUT2D eigenvalue weighted by Crippen LogP contribution is 2.24. The van der Waals surface area contributed by atoms with Crippen LogP contribution in [0.5, 0.6) is 5.88 Å². The quantitative estimate of drug-likeness (QED) is 0.722. The molecular weight excluding hydrogens is 170 g/mol. The molecule has 13 heavy (non-hydrogen) atoms. The summed E-state index contributed by atoms with van der Waals surface area (Å²) in [6.45, 7) is 1.51. The molecule has 1 unspecified atom stereocenters. The first-order chi connectivity index (χ1) is 6.31. The SMILES string of the molecule is COc1nn(C2CCOC2)cc1N. The summed E-state index contributed by atoms with van der Waals surface area (Å²) >= 11 is 0. The maximum atomic E-state index is 5.67. The molecule has 1 aliphatic heterocycles. The van der Waals surface area contributed by atoms with E-state index in [4.69, 9.17) is 15.2 Å². The van der Waals surface area contributed by atoms with E-state index in [1.807, 2.05) is 4.68 Å². The Balaban J connectivity index is 2.20. The van der Waals surface area contributed by atoms with Gasteiger partial charge >= 0.3 is 0 Å². The average molecular weight is 183 g/mol. The third-order valence-corrected chi connectivity index (χ3v) is 2.20. The number of anilines is 1. The molecule has 0 bridgehead atoms. The minimum absolute atomic E-state index is 0.311. The second-order valence-corrected chi connectivity index (χ2v) is 3.09. The fourth-order valence-corrected chi connectivity index (χ4v) is 1.47. The topological polar surface area (TPSA) is 62.3 Å². The summed E-state index contributed by atoms with van der Waals surface area (Å²) in [5, 5.41) is 4.20. The fraction of sp³-hybridized carbons (Fsp3) is 0.625. The van der Waals surface area contributed by atoms with Crippen molar-refractivity contribution < 1.29 is 9.47 Å². The van der Waals surface area contributed by atoms with Gasteiger partial charge in [-0.05, 0) is 6.42 Å². The Hall–Kier alpha value is -1.23. The molecule has 0 amide bonds. The fourth-order valence-electron chi connectivity index (χ4n) is 1.47. The number of nitrogen functional groups attached to an aromatic ring is 1. The van der Waals surface area contributed by atoms with E-state index in [9.17, 15) is 0 Å². The summed E-state index contributed by atoms with van der Waals surface area (Å²) in [5.74, 6) is 0.493. The number of methoxy groups -OCH3 is 1. The molecule has 5 nitrogen and oxygen atoms in total. The molecule has 1 atom stereocenters. The molecular formula is C8H13N3O2. The minimum Gasteiger partial charge on any atom is -0.478 e. The van der Waals surface area contributed by atoms with Gasteiger partial charge in [-0.2, -0.15) is 0 Å². The zero-order chi connectivity index (χ0) is 9.26. The summed E-state index contributed by atoms with van der Waals surface area (Å²) in [6, 6.07) is 0.311. The van der Waals surface area contributed by atoms with Crippen molar-refractivity contribution in [3.8, 4) is 5.88 Å². The van der Waals surface area contributed by atoms with Crippen LogP contribution in [0.2, 0.25) is 0 Å². The van der Waals surface area contributed by atoms with E-state index in [-0.39, 0.29) is 0 Å². The summed E-state index contributed by atoms with van der Waals surface area (Å²) in [5.41, 5.74) is 6.25. The Labute approximate surface area is 76.4 Å². The molecule has 1 aromatic rings. The Morgan fingerprint density at radius 2 is 2.62 bits per heavy atom. The van der Waals surface area contributed by atoms with E-state index in [1.54, 1.807) is 13.3 Å². The van der Waals surface area contributed by atoms with Gasteiger partial charge in [-0.15, -0.1) is 5.10 Å². The van der Waals surface area contributed by atoms with Gasteiger partial charge in [0.15, 0.2) is 0 Å². The molecule has 1 aromatic heterocycles. The van der Waals surface area contributed by atoms with Gasteiger partial charge < -0.3 is 15.2 Å². The Kier molecular flexibility index (Phi) is 2.10. The van der Waals surface area contributed by atoms with Crippen LogP contribution in [0.1, 0.15) is 12.5 Å². The summed E-state index contributed by atoms with van der Waals surface area (Å²) in [7, 11) is 1.56. The van der Waals surface area contributed by atoms with E-state index in [0.717, 1.165) is 13.0 Å². The first-order valence-electron chi connectivity index (χ1n) is 4.27. The molecule has 0 spiro atoms. The highest BCUT2D eigenvalue weighted by atomic mass is 16.5. The van der Waals surface area contributed by atoms with Crippen LogP contribution < -0.4 is 10.5 Å². The molecule has 2 rings (SSSR count). The average Bonchev–Trinajstić information content (AvgIpc) is 2.71. The molecule has 0 saturated carbocycles. The van der Waals surface area contributed by atoms with Crippen molar-refractivity contribution in [2.75, 3.05) is 26.1 Å². The van der Waals surface area contributed by atoms with Gasteiger partial charge in [0.1, 0.15) is 5.69 Å². The first-order valence-corrected chi connectivity index (χ1v) is 4.27. The maximum Gasteiger partial charge on any atom is 0.256 e. The Bertz CT molecular complexity index is 292. The van der Waals surface area contributed by atoms with E-state index < -0.39 is 0 Å². The number of hydrogen-bond donors (Lipinski definition) is 1. The van der Waals surface area contributed by atoms with Crippen molar-refractivity contribution in [1.82, 2.24) is 9.78 Å². The second kappa shape index (κ2) is 3.26. The number of rotatable bonds is 2. The predicted octanol–water partition coefficient (Wildman–Crippen LogP) is 0.435. The third-order valence-electron chi connectivity index (χ3n) is 2.20. The first kappa shape index (κ1) is 8.37. The zero-order valence-electron chi connectivity index (χ0n) is 7.56. The molecule has 2 heterocycles. The summed E-state index contributed by atoms with van der Waals surface area (Å²) in [6.07, 6.45) is 2.78. The molecule has 0 aliphatic carbocycles. The number of aromatic nitrogens is 2. The number of nitrogens with zero attached hydrogens (tertiary/aromatic N) is 2. The molecule has 5 heteroatoms. The van der Waals surface area contributed by atoms with Crippen molar-refractivity contribution >= 4 is 5.69 Å². The van der Waals surface area contributed by atoms with Crippen LogP contribution in [0.3, 0.4) is 0 Å². The van der Waals surface area contributed by atoms with Crippen LogP contribution >= 0.6 is 0 Å². The van der Waals surface area contributed by atoms with Gasteiger partial charge in [-0.25, -0.2) is 0 Å². The van der Waals surface area contributed by atoms with Crippen LogP contribution in [-0.2, 0) is 4.74 Å². The number of hydrogen-bond acceptors (Lipinski definition) is 4. The molecule has 1 fully saturated rings. The van der Waals surface area contributed by atoms with E-state index in [2.05, 4.69) is 5.10 Å². The lowest BCUT2D eigenvalue weighted by Gasteiger charge is -2.06. The Morgan fingerprint density at radius 3 is 3.15 bits per heavy atom. The monoisotopic (exact) mass is 183 g/mol. The minimum atomic E-state index is 0.311. The highest BCUT2D eigenvalue weighted by Gasteiger charge is 2.19. The van der Waals surface area contributed by atoms with Crippen molar-refractivity contribution in [1.29, 1.82) is 0 Å². The van der Waals surface area contributed by atoms with Gasteiger partial charge in [0, 0.05) is 6.61 Å². The molecule has 72 valence electrons. The predicted molar refractivity (Wildman–Crippen MR) is 47.7 cm³/mol. The Morgan fingerprint density at radius 1 is 1.77 bits per heavy atom. The van der Waals surface area contributed by atoms with E-state index >= 15 is 0 Å². The summed E-state index contributed by atoms with van der Waals surface area (Å²) in [4.78, 5) is 0. The van der Waals surface area contributed by atoms with Gasteiger partial charge in [0.25, 0.3) is 5.88 Å². The van der Waals surface area contributed by atoms with Gasteiger partial charge in [-0.1, -0.05) is 0 Å². The van der Waals surface area contributed by atoms with Gasteiger partial charge in [0.2, 0.25) is 0 Å². The molecule has 2 N–H and O–H groups in total. The normalized spacial score (nSPS) is 22.1. The third kappa shape index (κ3) is 1.47. The van der Waals surface area contributed by atoms with E-state index in [1.165, 1.54) is 0 Å². The van der Waals surface area contributed by atoms with Crippen LogP contribution in [0, 0.1) is 0 Å². The lowest BCUT2D eigenvalue weighted by molar-refractivity contribution is 0.184. The van der Waals surface area contributed by atoms with Crippen molar-refractivity contribution in [2.24, 2.45) is 0 Å². The smallest absolute Gasteiger partial charge is 0.256 e. The van der Waals surface area contributed by atoms with Crippen LogP contribution in [0.25, 0.3) is 0 Å². The standard InChI is InChI=1S/C8H13N3O2/c1-12-8-7(9)4-11(10-8)6-2-3-13-5-6/h4,6H,2-3,5,9H2,1H3. The largest absolute Gasteiger partial charge is 0.478 e. The lowest BCUT2D eigenvalue weighted by atomic mass is 10.3. The maximum absolute atomic E-state index is 5.67. The summed E-state index contributed by atoms with van der Waals surface area (Å²) < 4.78 is 12.1. The zero-order valence-corrected chi connectivity index (χ0v) is 7.56. The second-order valence-electron chi connectivity index (χ2n) is 3.09. The lowest BCUT2D eigenvalue weighted by Crippen LogP contribution is -2.08. The number of ether oxygens (including phenoxy) is 2. The van der Waals surface area contributed by atoms with Crippen LogP contribution in [-0.4, -0.2) is 30.1 Å². The molecule has 0 radical (unpaired) electrons. The van der Waals surface area contributed by atoms with Gasteiger partial charge in [0.05, 0.1) is 26.0 Å². The highest BCUT2D eigenvalue weighted by molar-refractivity contribution is 5.45.